The van der Waals surface area contributed by atoms with Crippen LogP contribution < -0.4 is 4.72 Å². The Kier molecular flexibility index (Phi) is 4.18. The summed E-state index contributed by atoms with van der Waals surface area (Å²) in [4.78, 5) is 1.65. The third kappa shape index (κ3) is 2.81. The molecule has 0 saturated heterocycles. The average molecular weight is 303 g/mol. The topological polar surface area (TPSA) is 66.4 Å². The van der Waals surface area contributed by atoms with Crippen LogP contribution in [0.5, 0.6) is 0 Å². The minimum absolute atomic E-state index is 0.214. The molecule has 2 N–H and O–H groups in total. The van der Waals surface area contributed by atoms with Crippen molar-refractivity contribution in [2.45, 2.75) is 25.0 Å². The Hall–Kier alpha value is -0.730. The summed E-state index contributed by atoms with van der Waals surface area (Å²) in [5.41, 5.74) is 0.669. The van der Waals surface area contributed by atoms with Crippen molar-refractivity contribution in [3.63, 3.8) is 0 Å². The van der Waals surface area contributed by atoms with E-state index < -0.39 is 10.0 Å². The number of sulfonamides is 1. The van der Waals surface area contributed by atoms with Crippen LogP contribution in [0.4, 0.5) is 0 Å². The quantitative estimate of drug-likeness (QED) is 0.889. The molecule has 0 fully saturated rings. The maximum absolute atomic E-state index is 12.2. The normalized spacial score (nSPS) is 11.9. The molecule has 0 aliphatic heterocycles. The molecular formula is C11H13NO3S3. The highest BCUT2D eigenvalue weighted by Gasteiger charge is 2.22. The van der Waals surface area contributed by atoms with E-state index in [1.165, 1.54) is 22.7 Å². The Morgan fingerprint density at radius 3 is 2.78 bits per heavy atom. The van der Waals surface area contributed by atoms with Gasteiger partial charge in [-0.2, -0.15) is 0 Å². The molecular weight excluding hydrogens is 290 g/mol. The number of hydrogen-bond donors (Lipinski definition) is 2. The summed E-state index contributed by atoms with van der Waals surface area (Å²) in [6, 6.07) is 3.75. The van der Waals surface area contributed by atoms with Crippen LogP contribution in [0.2, 0.25) is 0 Å². The fraction of sp³-hybridized carbons (Fsp3) is 0.273. The molecule has 2 rings (SSSR count). The molecule has 18 heavy (non-hydrogen) atoms. The molecule has 98 valence electrons. The van der Waals surface area contributed by atoms with Gasteiger partial charge >= 0.3 is 0 Å². The summed E-state index contributed by atoms with van der Waals surface area (Å²) in [5, 5.41) is 12.8. The second-order valence-corrected chi connectivity index (χ2v) is 7.43. The largest absolute Gasteiger partial charge is 0.391 e. The van der Waals surface area contributed by atoms with Crippen molar-refractivity contribution >= 4 is 32.7 Å². The third-order valence-electron chi connectivity index (χ3n) is 2.42. The zero-order valence-electron chi connectivity index (χ0n) is 9.71. The maximum atomic E-state index is 12.2. The molecule has 0 spiro atoms. The lowest BCUT2D eigenvalue weighted by Crippen LogP contribution is -2.24. The van der Waals surface area contributed by atoms with Crippen molar-refractivity contribution in [1.29, 1.82) is 0 Å². The summed E-state index contributed by atoms with van der Waals surface area (Å²) < 4.78 is 26.9. The lowest BCUT2D eigenvalue weighted by Gasteiger charge is -2.07. The highest BCUT2D eigenvalue weighted by molar-refractivity contribution is 7.89. The van der Waals surface area contributed by atoms with Gasteiger partial charge in [-0.3, -0.25) is 0 Å². The van der Waals surface area contributed by atoms with Gasteiger partial charge in [0.1, 0.15) is 4.90 Å². The van der Waals surface area contributed by atoms with Crippen LogP contribution in [0, 0.1) is 6.92 Å². The van der Waals surface area contributed by atoms with E-state index in [2.05, 4.69) is 4.72 Å². The van der Waals surface area contributed by atoms with Crippen molar-refractivity contribution in [3.05, 3.63) is 38.2 Å². The van der Waals surface area contributed by atoms with Crippen molar-refractivity contribution in [2.24, 2.45) is 0 Å². The molecule has 0 bridgehead atoms. The van der Waals surface area contributed by atoms with Crippen LogP contribution in [-0.2, 0) is 23.2 Å². The first-order valence-corrected chi connectivity index (χ1v) is 8.48. The summed E-state index contributed by atoms with van der Waals surface area (Å²) in [6.07, 6.45) is 0. The van der Waals surface area contributed by atoms with Gasteiger partial charge < -0.3 is 5.11 Å². The number of nitrogens with one attached hydrogen (secondary N) is 1. The van der Waals surface area contributed by atoms with Gasteiger partial charge in [0.25, 0.3) is 0 Å². The number of hydrogen-bond acceptors (Lipinski definition) is 5. The molecule has 4 nitrogen and oxygen atoms in total. The molecule has 7 heteroatoms. The average Bonchev–Trinajstić information content (AvgIpc) is 2.95. The molecule has 0 aliphatic carbocycles. The Labute approximate surface area is 114 Å². The van der Waals surface area contributed by atoms with E-state index in [0.29, 0.717) is 10.4 Å². The first-order chi connectivity index (χ1) is 8.54. The van der Waals surface area contributed by atoms with Gasteiger partial charge in [-0.25, -0.2) is 13.1 Å². The highest BCUT2D eigenvalue weighted by Crippen LogP contribution is 2.26. The molecule has 0 aromatic carbocycles. The van der Waals surface area contributed by atoms with E-state index in [9.17, 15) is 8.42 Å². The van der Waals surface area contributed by atoms with Crippen LogP contribution in [0.1, 0.15) is 15.3 Å². The molecule has 0 saturated carbocycles. The van der Waals surface area contributed by atoms with Crippen molar-refractivity contribution in [3.8, 4) is 0 Å². The van der Waals surface area contributed by atoms with Crippen LogP contribution in [-0.4, -0.2) is 13.5 Å². The monoisotopic (exact) mass is 303 g/mol. The summed E-state index contributed by atoms with van der Waals surface area (Å²) in [7, 11) is -3.56. The van der Waals surface area contributed by atoms with Gasteiger partial charge in [0.05, 0.1) is 11.5 Å². The number of aliphatic hydroxyl groups is 1. The second kappa shape index (κ2) is 5.50. The van der Waals surface area contributed by atoms with Crippen molar-refractivity contribution in [2.75, 3.05) is 0 Å². The van der Waals surface area contributed by atoms with Crippen LogP contribution in [0.15, 0.2) is 27.8 Å². The lowest BCUT2D eigenvalue weighted by atomic mass is 10.3. The van der Waals surface area contributed by atoms with Gasteiger partial charge in [-0.1, -0.05) is 6.07 Å². The molecule has 0 radical (unpaired) electrons. The first-order valence-electron chi connectivity index (χ1n) is 5.24. The Morgan fingerprint density at radius 2 is 2.17 bits per heavy atom. The van der Waals surface area contributed by atoms with E-state index in [1.54, 1.807) is 12.3 Å². The van der Waals surface area contributed by atoms with E-state index in [4.69, 9.17) is 5.11 Å². The number of aliphatic hydroxyl groups excluding tert-OH is 1. The first kappa shape index (κ1) is 13.7. The molecule has 2 aromatic rings. The van der Waals surface area contributed by atoms with Crippen LogP contribution in [0.3, 0.4) is 0 Å². The number of aryl methyl sites for hydroxylation is 1. The second-order valence-electron chi connectivity index (χ2n) is 3.73. The summed E-state index contributed by atoms with van der Waals surface area (Å²) >= 11 is 2.76. The fourth-order valence-corrected chi connectivity index (χ4v) is 5.01. The fourth-order valence-electron chi connectivity index (χ4n) is 1.61. The minimum atomic E-state index is -3.56. The molecule has 0 atom stereocenters. The van der Waals surface area contributed by atoms with Crippen LogP contribution >= 0.6 is 22.7 Å². The van der Waals surface area contributed by atoms with Gasteiger partial charge in [-0.05, 0) is 29.3 Å². The van der Waals surface area contributed by atoms with Crippen molar-refractivity contribution in [1.82, 2.24) is 4.72 Å². The Bertz CT molecular complexity index is 614. The van der Waals surface area contributed by atoms with E-state index in [0.717, 1.165) is 4.88 Å². The van der Waals surface area contributed by atoms with Gasteiger partial charge in [-0.15, -0.1) is 22.7 Å². The lowest BCUT2D eigenvalue weighted by molar-refractivity contribution is 0.282. The zero-order valence-corrected chi connectivity index (χ0v) is 12.2. The Morgan fingerprint density at radius 1 is 1.39 bits per heavy atom. The SMILES string of the molecule is Cc1csc(CO)c1S(=O)(=O)NCc1cccs1. The predicted molar refractivity (Wildman–Crippen MR) is 73.3 cm³/mol. The van der Waals surface area contributed by atoms with Gasteiger partial charge in [0.15, 0.2) is 0 Å². The standard InChI is InChI=1S/C11H13NO3S3/c1-8-7-17-10(6-13)11(8)18(14,15)12-5-9-3-2-4-16-9/h2-4,7,12-13H,5-6H2,1H3. The summed E-state index contributed by atoms with van der Waals surface area (Å²) in [6.45, 7) is 1.75. The van der Waals surface area contributed by atoms with Gasteiger partial charge in [0.2, 0.25) is 10.0 Å². The molecule has 0 amide bonds. The summed E-state index contributed by atoms with van der Waals surface area (Å²) in [5.74, 6) is 0. The van der Waals surface area contributed by atoms with E-state index in [1.807, 2.05) is 17.5 Å². The van der Waals surface area contributed by atoms with Crippen LogP contribution in [0.25, 0.3) is 0 Å². The molecule has 2 heterocycles. The third-order valence-corrected chi connectivity index (χ3v) is 6.14. The molecule has 0 aliphatic rings. The zero-order chi connectivity index (χ0) is 13.2. The molecule has 0 unspecified atom stereocenters. The Balaban J connectivity index is 2.22. The molecule has 2 aromatic heterocycles. The van der Waals surface area contributed by atoms with E-state index >= 15 is 0 Å². The minimum Gasteiger partial charge on any atom is -0.391 e. The predicted octanol–water partition coefficient (Wildman–Crippen LogP) is 2.09. The highest BCUT2D eigenvalue weighted by atomic mass is 32.2. The maximum Gasteiger partial charge on any atom is 0.242 e. The number of rotatable bonds is 5. The number of thiophene rings is 2. The van der Waals surface area contributed by atoms with E-state index in [-0.39, 0.29) is 18.0 Å². The van der Waals surface area contributed by atoms with Crippen molar-refractivity contribution < 1.29 is 13.5 Å². The van der Waals surface area contributed by atoms with Gasteiger partial charge in [0, 0.05) is 11.4 Å². The smallest absolute Gasteiger partial charge is 0.242 e.